The average Bonchev–Trinajstić information content (AvgIpc) is 3.27. The third-order valence-corrected chi connectivity index (χ3v) is 9.58. The van der Waals surface area contributed by atoms with E-state index in [0.717, 1.165) is 50.4 Å². The topological polar surface area (TPSA) is 92.3 Å². The minimum atomic E-state index is 0.466. The van der Waals surface area contributed by atoms with Crippen LogP contribution in [0.4, 0.5) is 0 Å². The molecule has 10 bridgehead atoms. The molecule has 12 aliphatic heterocycles. The molecule has 10 nitrogen and oxygen atoms in total. The van der Waals surface area contributed by atoms with E-state index < -0.39 is 0 Å². The van der Waals surface area contributed by atoms with E-state index in [0.29, 0.717) is 119 Å². The Labute approximate surface area is 349 Å². The lowest BCUT2D eigenvalue weighted by Crippen LogP contribution is -2.13. The van der Waals surface area contributed by atoms with E-state index in [1.165, 1.54) is 11.1 Å². The minimum absolute atomic E-state index is 0.466. The van der Waals surface area contributed by atoms with E-state index in [9.17, 15) is 0 Å². The molecule has 10 heteroatoms. The molecule has 12 heterocycles. The molecule has 0 aromatic heterocycles. The zero-order valence-electron chi connectivity index (χ0n) is 34.3. The molecule has 0 spiro atoms. The first-order valence-corrected chi connectivity index (χ1v) is 20.6. The molecule has 0 aliphatic carbocycles. The lowest BCUT2D eigenvalue weighted by molar-refractivity contribution is -0.00660. The van der Waals surface area contributed by atoms with E-state index in [1.807, 2.05) is 24.3 Å². The molecule has 59 heavy (non-hydrogen) atoms. The fraction of sp³-hybridized carbons (Fsp3) is 0.388. The molecule has 0 saturated heterocycles. The SMILES string of the molecule is Cc1cc2ccc1-c1ccc(cc1)OCCOCCOCCOCCOCc1ccc(cc1)-c1ccc(cc1)COCCOCCOCCOCCOc1ccc-2cc1. The summed E-state index contributed by atoms with van der Waals surface area (Å²) in [6.07, 6.45) is 0. The number of hydrogen-bond acceptors (Lipinski definition) is 10. The van der Waals surface area contributed by atoms with Gasteiger partial charge in [-0.2, -0.15) is 0 Å². The molecular weight excluding hydrogens is 749 g/mol. The molecule has 5 aromatic rings. The lowest BCUT2D eigenvalue weighted by atomic mass is 9.96. The molecule has 5 aromatic carbocycles. The Kier molecular flexibility index (Phi) is 19.2. The first kappa shape index (κ1) is 43.9. The van der Waals surface area contributed by atoms with Crippen LogP contribution in [0.15, 0.2) is 115 Å². The molecule has 17 rings (SSSR count). The summed E-state index contributed by atoms with van der Waals surface area (Å²) in [7, 11) is 0. The Hall–Kier alpha value is -4.62. The number of aryl methyl sites for hydroxylation is 1. The van der Waals surface area contributed by atoms with Crippen LogP contribution in [0, 0.1) is 6.92 Å². The largest absolute Gasteiger partial charge is 0.491 e. The van der Waals surface area contributed by atoms with Gasteiger partial charge in [0.25, 0.3) is 0 Å². The van der Waals surface area contributed by atoms with Gasteiger partial charge in [-0.15, -0.1) is 0 Å². The zero-order chi connectivity index (χ0) is 40.6. The van der Waals surface area contributed by atoms with Crippen molar-refractivity contribution in [3.8, 4) is 44.9 Å². The van der Waals surface area contributed by atoms with Gasteiger partial charge in [0.2, 0.25) is 0 Å². The Morgan fingerprint density at radius 2 is 0.593 bits per heavy atom. The van der Waals surface area contributed by atoms with Crippen molar-refractivity contribution in [2.75, 3.05) is 106 Å². The Morgan fingerprint density at radius 3 is 0.983 bits per heavy atom. The molecule has 12 aliphatic rings. The van der Waals surface area contributed by atoms with Crippen LogP contribution in [0.5, 0.6) is 11.5 Å². The monoisotopic (exact) mass is 806 g/mol. The summed E-state index contributed by atoms with van der Waals surface area (Å²) in [5.74, 6) is 1.62. The van der Waals surface area contributed by atoms with Crippen LogP contribution >= 0.6 is 0 Å². The van der Waals surface area contributed by atoms with Crippen LogP contribution in [-0.4, -0.2) is 106 Å². The third kappa shape index (κ3) is 15.8. The molecule has 0 radical (unpaired) electrons. The number of benzene rings is 5. The zero-order valence-corrected chi connectivity index (χ0v) is 34.3. The Bertz CT molecular complexity index is 1880. The van der Waals surface area contributed by atoms with Gasteiger partial charge in [0, 0.05) is 0 Å². The van der Waals surface area contributed by atoms with Crippen molar-refractivity contribution in [1.82, 2.24) is 0 Å². The van der Waals surface area contributed by atoms with Gasteiger partial charge in [-0.1, -0.05) is 91.0 Å². The lowest BCUT2D eigenvalue weighted by Gasteiger charge is -2.12. The molecular formula is C49H58O10. The van der Waals surface area contributed by atoms with Gasteiger partial charge in [-0.05, 0) is 81.3 Å². The van der Waals surface area contributed by atoms with Crippen molar-refractivity contribution in [1.29, 1.82) is 0 Å². The van der Waals surface area contributed by atoms with E-state index in [-0.39, 0.29) is 0 Å². The first-order valence-electron chi connectivity index (χ1n) is 20.6. The molecule has 0 fully saturated rings. The molecule has 0 saturated carbocycles. The summed E-state index contributed by atoms with van der Waals surface area (Å²) in [6.45, 7) is 11.2. The van der Waals surface area contributed by atoms with Crippen LogP contribution < -0.4 is 9.47 Å². The summed E-state index contributed by atoms with van der Waals surface area (Å²) in [5.41, 5.74) is 10.4. The molecule has 0 N–H and O–H groups in total. The molecule has 0 unspecified atom stereocenters. The Morgan fingerprint density at radius 1 is 0.288 bits per heavy atom. The van der Waals surface area contributed by atoms with Crippen molar-refractivity contribution in [3.05, 3.63) is 132 Å². The van der Waals surface area contributed by atoms with Crippen molar-refractivity contribution in [2.24, 2.45) is 0 Å². The van der Waals surface area contributed by atoms with Crippen LogP contribution in [0.3, 0.4) is 0 Å². The fourth-order valence-electron chi connectivity index (χ4n) is 6.36. The highest BCUT2D eigenvalue weighted by atomic mass is 16.6. The number of rotatable bonds is 0. The van der Waals surface area contributed by atoms with Crippen molar-refractivity contribution < 1.29 is 47.4 Å². The summed E-state index contributed by atoms with van der Waals surface area (Å²) in [6, 6.07) is 39.8. The molecule has 0 atom stereocenters. The van der Waals surface area contributed by atoms with Gasteiger partial charge in [-0.3, -0.25) is 0 Å². The second kappa shape index (κ2) is 25.8. The Balaban J connectivity index is 0.924. The fourth-order valence-corrected chi connectivity index (χ4v) is 6.36. The smallest absolute Gasteiger partial charge is 0.119 e. The minimum Gasteiger partial charge on any atom is -0.491 e. The van der Waals surface area contributed by atoms with Crippen molar-refractivity contribution in [3.63, 3.8) is 0 Å². The van der Waals surface area contributed by atoms with Gasteiger partial charge < -0.3 is 47.4 Å². The summed E-state index contributed by atoms with van der Waals surface area (Å²) in [5, 5.41) is 0. The summed E-state index contributed by atoms with van der Waals surface area (Å²) >= 11 is 0. The average molecular weight is 807 g/mol. The van der Waals surface area contributed by atoms with Gasteiger partial charge in [0.05, 0.1) is 106 Å². The van der Waals surface area contributed by atoms with Crippen LogP contribution in [0.25, 0.3) is 33.4 Å². The van der Waals surface area contributed by atoms with E-state index in [4.69, 9.17) is 47.4 Å². The van der Waals surface area contributed by atoms with Crippen molar-refractivity contribution in [2.45, 2.75) is 20.1 Å². The maximum absolute atomic E-state index is 5.90. The third-order valence-electron chi connectivity index (χ3n) is 9.58. The molecule has 0 amide bonds. The normalized spacial score (nSPS) is 17.1. The van der Waals surface area contributed by atoms with E-state index in [2.05, 4.69) is 97.9 Å². The summed E-state index contributed by atoms with van der Waals surface area (Å²) < 4.78 is 57.3. The maximum Gasteiger partial charge on any atom is 0.119 e. The number of ether oxygens (including phenoxy) is 10. The van der Waals surface area contributed by atoms with Crippen LogP contribution in [0.1, 0.15) is 16.7 Å². The predicted molar refractivity (Wildman–Crippen MR) is 229 cm³/mol. The highest BCUT2D eigenvalue weighted by molar-refractivity contribution is 5.74. The maximum atomic E-state index is 5.90. The quantitative estimate of drug-likeness (QED) is 0.152. The van der Waals surface area contributed by atoms with Gasteiger partial charge >= 0.3 is 0 Å². The van der Waals surface area contributed by atoms with Gasteiger partial charge in [-0.25, -0.2) is 0 Å². The first-order chi connectivity index (χ1) is 29.2. The van der Waals surface area contributed by atoms with Gasteiger partial charge in [0.1, 0.15) is 24.7 Å². The van der Waals surface area contributed by atoms with Crippen molar-refractivity contribution >= 4 is 0 Å². The second-order valence-electron chi connectivity index (χ2n) is 13.9. The highest BCUT2D eigenvalue weighted by Crippen LogP contribution is 2.30. The standard InChI is InChI=1S/C49H58O10/c1-39-36-46-14-19-49(39)45-12-17-48(18-13-45)59-35-33-55-27-25-51-21-23-53-29-31-57-38-41-4-8-43(9-5-41)42-6-2-40(3-7-42)37-56-30-28-52-22-20-50-24-26-54-32-34-58-47-15-10-44(46)11-16-47/h2-19,36H,20-35,37-38H2,1H3. The highest BCUT2D eigenvalue weighted by Gasteiger charge is 2.07. The summed E-state index contributed by atoms with van der Waals surface area (Å²) in [4.78, 5) is 0. The van der Waals surface area contributed by atoms with E-state index in [1.54, 1.807) is 0 Å². The number of hydrogen-bond donors (Lipinski definition) is 0. The van der Waals surface area contributed by atoms with Gasteiger partial charge in [0.15, 0.2) is 0 Å². The second-order valence-corrected chi connectivity index (χ2v) is 13.9. The van der Waals surface area contributed by atoms with E-state index >= 15 is 0 Å². The van der Waals surface area contributed by atoms with Crippen LogP contribution in [0.2, 0.25) is 0 Å². The predicted octanol–water partition coefficient (Wildman–Crippen LogP) is 8.60. The molecule has 314 valence electrons. The van der Waals surface area contributed by atoms with Crippen LogP contribution in [-0.2, 0) is 51.1 Å².